The van der Waals surface area contributed by atoms with Gasteiger partial charge in [0.1, 0.15) is 6.61 Å². The summed E-state index contributed by atoms with van der Waals surface area (Å²) in [6.07, 6.45) is 2.23. The molecule has 2 unspecified atom stereocenters. The van der Waals surface area contributed by atoms with Gasteiger partial charge in [0.25, 0.3) is 0 Å². The third-order valence-electron chi connectivity index (χ3n) is 6.20. The van der Waals surface area contributed by atoms with Crippen molar-refractivity contribution in [2.24, 2.45) is 0 Å². The van der Waals surface area contributed by atoms with Crippen LogP contribution in [-0.4, -0.2) is 12.6 Å². The van der Waals surface area contributed by atoms with Gasteiger partial charge in [-0.25, -0.2) is 0 Å². The van der Waals surface area contributed by atoms with Crippen molar-refractivity contribution in [1.29, 1.82) is 0 Å². The minimum absolute atomic E-state index is 0.200. The number of carbonyl (C=O) groups is 1. The SMILES string of the molecule is CC(=CC(C)(COC(=O)C(C)c1ccc(C)cc1)c1ccc(C)cc1)c1ccc(C)cc1. The van der Waals surface area contributed by atoms with Crippen LogP contribution >= 0.6 is 0 Å². The Bertz CT molecular complexity index is 1070. The number of rotatable bonds is 7. The van der Waals surface area contributed by atoms with Crippen LogP contribution in [0.4, 0.5) is 0 Å². The minimum Gasteiger partial charge on any atom is -0.464 e. The van der Waals surface area contributed by atoms with E-state index in [-0.39, 0.29) is 18.5 Å². The van der Waals surface area contributed by atoms with E-state index in [1.165, 1.54) is 22.3 Å². The normalized spacial score (nSPS) is 14.5. The second-order valence-electron chi connectivity index (χ2n) is 9.22. The molecule has 0 aliphatic heterocycles. The molecule has 0 fully saturated rings. The van der Waals surface area contributed by atoms with Crippen LogP contribution in [0.15, 0.2) is 78.9 Å². The smallest absolute Gasteiger partial charge is 0.313 e. The second-order valence-corrected chi connectivity index (χ2v) is 9.22. The van der Waals surface area contributed by atoms with Crippen LogP contribution in [0.5, 0.6) is 0 Å². The molecule has 0 saturated heterocycles. The van der Waals surface area contributed by atoms with Crippen LogP contribution in [0.2, 0.25) is 0 Å². The van der Waals surface area contributed by atoms with Crippen molar-refractivity contribution in [3.05, 3.63) is 112 Å². The summed E-state index contributed by atoms with van der Waals surface area (Å²) in [5.74, 6) is -0.506. The van der Waals surface area contributed by atoms with Crippen molar-refractivity contribution in [3.8, 4) is 0 Å². The van der Waals surface area contributed by atoms with Gasteiger partial charge in [-0.15, -0.1) is 0 Å². The van der Waals surface area contributed by atoms with Gasteiger partial charge in [-0.05, 0) is 63.8 Å². The first-order valence-corrected chi connectivity index (χ1v) is 11.2. The summed E-state index contributed by atoms with van der Waals surface area (Å²) in [5.41, 5.74) is 7.63. The first-order chi connectivity index (χ1) is 15.2. The molecule has 3 aromatic carbocycles. The van der Waals surface area contributed by atoms with E-state index in [2.05, 4.69) is 82.3 Å². The van der Waals surface area contributed by atoms with Gasteiger partial charge < -0.3 is 4.74 Å². The van der Waals surface area contributed by atoms with Gasteiger partial charge in [-0.2, -0.15) is 0 Å². The quantitative estimate of drug-likeness (QED) is 0.370. The molecule has 32 heavy (non-hydrogen) atoms. The average molecular weight is 427 g/mol. The fourth-order valence-corrected chi connectivity index (χ4v) is 3.86. The largest absolute Gasteiger partial charge is 0.464 e. The lowest BCUT2D eigenvalue weighted by molar-refractivity contribution is -0.146. The van der Waals surface area contributed by atoms with Gasteiger partial charge in [0.05, 0.1) is 5.92 Å². The Morgan fingerprint density at radius 2 is 1.31 bits per heavy atom. The van der Waals surface area contributed by atoms with Crippen LogP contribution in [0.1, 0.15) is 60.1 Å². The topological polar surface area (TPSA) is 26.3 Å². The van der Waals surface area contributed by atoms with Crippen molar-refractivity contribution >= 4 is 11.5 Å². The monoisotopic (exact) mass is 426 g/mol. The summed E-state index contributed by atoms with van der Waals surface area (Å²) in [5, 5.41) is 0. The lowest BCUT2D eigenvalue weighted by Gasteiger charge is -2.28. The van der Waals surface area contributed by atoms with Crippen molar-refractivity contribution in [1.82, 2.24) is 0 Å². The molecule has 0 N–H and O–H groups in total. The van der Waals surface area contributed by atoms with Gasteiger partial charge in [0.2, 0.25) is 0 Å². The molecule has 2 atom stereocenters. The van der Waals surface area contributed by atoms with Crippen molar-refractivity contribution in [3.63, 3.8) is 0 Å². The second kappa shape index (κ2) is 9.99. The molecule has 0 bridgehead atoms. The van der Waals surface area contributed by atoms with Crippen LogP contribution in [0, 0.1) is 20.8 Å². The van der Waals surface area contributed by atoms with Crippen LogP contribution in [-0.2, 0) is 14.9 Å². The molecule has 2 nitrogen and oxygen atoms in total. The number of carbonyl (C=O) groups excluding carboxylic acids is 1. The van der Waals surface area contributed by atoms with E-state index >= 15 is 0 Å². The van der Waals surface area contributed by atoms with Gasteiger partial charge in [-0.1, -0.05) is 95.6 Å². The van der Waals surface area contributed by atoms with Gasteiger partial charge in [0.15, 0.2) is 0 Å². The van der Waals surface area contributed by atoms with E-state index in [1.54, 1.807) is 0 Å². The van der Waals surface area contributed by atoms with E-state index in [9.17, 15) is 4.79 Å². The molecule has 0 spiro atoms. The van der Waals surface area contributed by atoms with Gasteiger partial charge >= 0.3 is 5.97 Å². The van der Waals surface area contributed by atoms with E-state index in [0.717, 1.165) is 16.7 Å². The summed E-state index contributed by atoms with van der Waals surface area (Å²) in [4.78, 5) is 12.9. The first-order valence-electron chi connectivity index (χ1n) is 11.2. The Morgan fingerprint density at radius 1 is 0.844 bits per heavy atom. The third-order valence-corrected chi connectivity index (χ3v) is 6.20. The first kappa shape index (κ1) is 23.5. The van der Waals surface area contributed by atoms with E-state index in [0.29, 0.717) is 0 Å². The average Bonchev–Trinajstić information content (AvgIpc) is 2.78. The fraction of sp³-hybridized carbons (Fsp3) is 0.300. The third kappa shape index (κ3) is 5.76. The lowest BCUT2D eigenvalue weighted by atomic mass is 9.80. The Hall–Kier alpha value is -3.13. The Kier molecular flexibility index (Phi) is 7.35. The maximum atomic E-state index is 12.9. The molecule has 0 amide bonds. The molecule has 3 rings (SSSR count). The van der Waals surface area contributed by atoms with Crippen molar-refractivity contribution < 1.29 is 9.53 Å². The highest BCUT2D eigenvalue weighted by molar-refractivity contribution is 5.78. The Morgan fingerprint density at radius 3 is 1.84 bits per heavy atom. The molecule has 0 saturated carbocycles. The molecule has 0 aliphatic rings. The number of allylic oxidation sites excluding steroid dienone is 1. The molecule has 0 radical (unpaired) electrons. The number of ether oxygens (including phenoxy) is 1. The molecule has 166 valence electrons. The van der Waals surface area contributed by atoms with Crippen LogP contribution in [0.3, 0.4) is 0 Å². The van der Waals surface area contributed by atoms with Gasteiger partial charge in [-0.3, -0.25) is 4.79 Å². The van der Waals surface area contributed by atoms with Gasteiger partial charge in [0, 0.05) is 5.41 Å². The van der Waals surface area contributed by atoms with Crippen LogP contribution < -0.4 is 0 Å². The summed E-state index contributed by atoms with van der Waals surface area (Å²) < 4.78 is 5.91. The Balaban J connectivity index is 1.86. The van der Waals surface area contributed by atoms with Crippen molar-refractivity contribution in [2.75, 3.05) is 6.61 Å². The lowest BCUT2D eigenvalue weighted by Crippen LogP contribution is -2.29. The number of benzene rings is 3. The predicted octanol–water partition coefficient (Wildman–Crippen LogP) is 7.32. The standard InChI is InChI=1S/C30H34O2/c1-21-7-13-26(14-8-21)24(4)19-30(6,28-17-11-23(3)12-18-28)20-32-29(31)25(5)27-15-9-22(2)10-16-27/h7-19,25H,20H2,1-6H3. The number of esters is 1. The minimum atomic E-state index is -0.439. The zero-order chi connectivity index (χ0) is 23.3. The van der Waals surface area contributed by atoms with E-state index in [1.807, 2.05) is 38.1 Å². The zero-order valence-corrected chi connectivity index (χ0v) is 20.1. The summed E-state index contributed by atoms with van der Waals surface area (Å²) in [6, 6.07) is 25.1. The molecule has 0 aliphatic carbocycles. The van der Waals surface area contributed by atoms with Crippen LogP contribution in [0.25, 0.3) is 5.57 Å². The predicted molar refractivity (Wildman–Crippen MR) is 134 cm³/mol. The zero-order valence-electron chi connectivity index (χ0n) is 20.1. The molecule has 2 heteroatoms. The van der Waals surface area contributed by atoms with Crippen molar-refractivity contribution in [2.45, 2.75) is 52.9 Å². The summed E-state index contributed by atoms with van der Waals surface area (Å²) in [7, 11) is 0. The Labute approximate surface area is 193 Å². The molecular formula is C30H34O2. The number of aryl methyl sites for hydroxylation is 3. The summed E-state index contributed by atoms with van der Waals surface area (Å²) in [6.45, 7) is 12.7. The molecule has 0 aromatic heterocycles. The maximum Gasteiger partial charge on any atom is 0.313 e. The molecule has 0 heterocycles. The fourth-order valence-electron chi connectivity index (χ4n) is 3.86. The maximum absolute atomic E-state index is 12.9. The van der Waals surface area contributed by atoms with E-state index in [4.69, 9.17) is 4.74 Å². The van der Waals surface area contributed by atoms with E-state index < -0.39 is 5.41 Å². The highest BCUT2D eigenvalue weighted by Crippen LogP contribution is 2.31. The number of hydrogen-bond acceptors (Lipinski definition) is 2. The highest BCUT2D eigenvalue weighted by Gasteiger charge is 2.28. The highest BCUT2D eigenvalue weighted by atomic mass is 16.5. The molecule has 3 aromatic rings. The molecular weight excluding hydrogens is 392 g/mol. The number of hydrogen-bond donors (Lipinski definition) is 0. The summed E-state index contributed by atoms with van der Waals surface area (Å²) >= 11 is 0.